The van der Waals surface area contributed by atoms with E-state index in [4.69, 9.17) is 34.3 Å². The van der Waals surface area contributed by atoms with Gasteiger partial charge in [0.05, 0.1) is 5.56 Å². The molecule has 0 radical (unpaired) electrons. The second kappa shape index (κ2) is 7.69. The minimum absolute atomic E-state index is 0.354. The van der Waals surface area contributed by atoms with Gasteiger partial charge in [0.15, 0.2) is 0 Å². The zero-order valence-electron chi connectivity index (χ0n) is 11.6. The van der Waals surface area contributed by atoms with Crippen LogP contribution in [0, 0.1) is 0 Å². The summed E-state index contributed by atoms with van der Waals surface area (Å²) in [5.74, 6) is 1.66. The van der Waals surface area contributed by atoms with Gasteiger partial charge < -0.3 is 10.5 Å². The maximum absolute atomic E-state index is 5.98. The number of nitrogens with two attached hydrogens (primary N) is 1. The molecule has 0 atom stereocenters. The molecule has 2 nitrogen and oxygen atoms in total. The number of benzene rings is 2. The van der Waals surface area contributed by atoms with Crippen molar-refractivity contribution in [3.63, 3.8) is 0 Å². The predicted molar refractivity (Wildman–Crippen MR) is 94.5 cm³/mol. The van der Waals surface area contributed by atoms with Crippen molar-refractivity contribution in [1.29, 1.82) is 0 Å². The lowest BCUT2D eigenvalue weighted by atomic mass is 10.2. The Morgan fingerprint density at radius 2 is 2.05 bits per heavy atom. The van der Waals surface area contributed by atoms with E-state index >= 15 is 0 Å². The first kappa shape index (κ1) is 16.1. The lowest BCUT2D eigenvalue weighted by Gasteiger charge is -2.14. The summed E-state index contributed by atoms with van der Waals surface area (Å²) >= 11 is 12.8. The van der Waals surface area contributed by atoms with Gasteiger partial charge in [0.1, 0.15) is 17.3 Å². The van der Waals surface area contributed by atoms with E-state index in [9.17, 15) is 0 Å². The number of halogens is 1. The predicted octanol–water partition coefficient (Wildman–Crippen LogP) is 4.67. The van der Waals surface area contributed by atoms with Crippen LogP contribution in [0.25, 0.3) is 0 Å². The highest BCUT2D eigenvalue weighted by atomic mass is 35.5. The molecule has 2 aromatic carbocycles. The molecule has 0 heterocycles. The van der Waals surface area contributed by atoms with E-state index in [1.807, 2.05) is 42.5 Å². The molecular weight excluding hydrogens is 322 g/mol. The highest BCUT2D eigenvalue weighted by Gasteiger charge is 2.12. The number of hydrogen-bond donors (Lipinski definition) is 1. The van der Waals surface area contributed by atoms with E-state index in [-0.39, 0.29) is 0 Å². The zero-order chi connectivity index (χ0) is 15.2. The van der Waals surface area contributed by atoms with Gasteiger partial charge in [-0.05, 0) is 35.6 Å². The van der Waals surface area contributed by atoms with Crippen LogP contribution in [0.3, 0.4) is 0 Å². The molecule has 5 heteroatoms. The highest BCUT2D eigenvalue weighted by Crippen LogP contribution is 2.30. The molecule has 0 fully saturated rings. The minimum atomic E-state index is 0.354. The average molecular weight is 338 g/mol. The third-order valence-corrected chi connectivity index (χ3v) is 4.20. The van der Waals surface area contributed by atoms with Gasteiger partial charge in [-0.2, -0.15) is 0 Å². The van der Waals surface area contributed by atoms with Crippen LogP contribution < -0.4 is 10.5 Å². The molecule has 0 saturated heterocycles. The van der Waals surface area contributed by atoms with Crippen molar-refractivity contribution in [2.24, 2.45) is 5.73 Å². The Kier molecular flexibility index (Phi) is 5.91. The van der Waals surface area contributed by atoms with Gasteiger partial charge in [-0.15, -0.1) is 11.8 Å². The molecular formula is C16H16ClNOS2. The third-order valence-electron chi connectivity index (χ3n) is 2.82. The maximum Gasteiger partial charge on any atom is 0.131 e. The summed E-state index contributed by atoms with van der Waals surface area (Å²) in [4.78, 5) is 1.40. The van der Waals surface area contributed by atoms with Crippen LogP contribution in [0.4, 0.5) is 0 Å². The normalized spacial score (nSPS) is 10.4. The van der Waals surface area contributed by atoms with Gasteiger partial charge in [-0.25, -0.2) is 0 Å². The summed E-state index contributed by atoms with van der Waals surface area (Å²) in [7, 11) is 0. The summed E-state index contributed by atoms with van der Waals surface area (Å²) in [6, 6.07) is 13.4. The lowest BCUT2D eigenvalue weighted by Crippen LogP contribution is -2.13. The van der Waals surface area contributed by atoms with Crippen molar-refractivity contribution < 1.29 is 4.74 Å². The Balaban J connectivity index is 2.23. The quantitative estimate of drug-likeness (QED) is 0.614. The third kappa shape index (κ3) is 4.37. The van der Waals surface area contributed by atoms with Crippen LogP contribution in [0.2, 0.25) is 5.02 Å². The molecule has 2 rings (SSSR count). The van der Waals surface area contributed by atoms with Crippen molar-refractivity contribution >= 4 is 40.6 Å². The first-order chi connectivity index (χ1) is 10.1. The van der Waals surface area contributed by atoms with E-state index in [1.165, 1.54) is 0 Å². The molecule has 2 N–H and O–H groups in total. The molecule has 0 aliphatic carbocycles. The topological polar surface area (TPSA) is 35.2 Å². The Morgan fingerprint density at radius 3 is 2.71 bits per heavy atom. The fourth-order valence-electron chi connectivity index (χ4n) is 1.94. The molecule has 0 saturated carbocycles. The molecule has 0 unspecified atom stereocenters. The van der Waals surface area contributed by atoms with Gasteiger partial charge in [0.25, 0.3) is 0 Å². The minimum Gasteiger partial charge on any atom is -0.488 e. The molecule has 2 aromatic rings. The number of rotatable bonds is 6. The Hall–Kier alpha value is -1.23. The van der Waals surface area contributed by atoms with Crippen molar-refractivity contribution in [2.75, 3.05) is 5.75 Å². The molecule has 0 aliphatic heterocycles. The molecule has 0 aromatic heterocycles. The Morgan fingerprint density at radius 1 is 1.29 bits per heavy atom. The first-order valence-electron chi connectivity index (χ1n) is 6.54. The number of thioether (sulfide) groups is 1. The maximum atomic E-state index is 5.98. The Labute approximate surface area is 139 Å². The van der Waals surface area contributed by atoms with E-state index in [0.29, 0.717) is 22.4 Å². The smallest absolute Gasteiger partial charge is 0.131 e. The van der Waals surface area contributed by atoms with Crippen LogP contribution in [-0.4, -0.2) is 10.7 Å². The van der Waals surface area contributed by atoms with Crippen LogP contribution in [0.5, 0.6) is 5.75 Å². The van der Waals surface area contributed by atoms with Gasteiger partial charge in [-0.3, -0.25) is 0 Å². The first-order valence-corrected chi connectivity index (χ1v) is 8.32. The zero-order valence-corrected chi connectivity index (χ0v) is 14.0. The second-order valence-electron chi connectivity index (χ2n) is 4.35. The van der Waals surface area contributed by atoms with Gasteiger partial charge in [0.2, 0.25) is 0 Å². The molecule has 21 heavy (non-hydrogen) atoms. The van der Waals surface area contributed by atoms with E-state index in [0.717, 1.165) is 21.8 Å². The van der Waals surface area contributed by atoms with Crippen LogP contribution in [0.15, 0.2) is 47.4 Å². The fourth-order valence-corrected chi connectivity index (χ4v) is 3.27. The van der Waals surface area contributed by atoms with Crippen molar-refractivity contribution in [3.8, 4) is 5.75 Å². The second-order valence-corrected chi connectivity index (χ2v) is 6.53. The molecule has 110 valence electrons. The molecule has 0 aliphatic rings. The number of thiocarbonyl (C=S) groups is 1. The lowest BCUT2D eigenvalue weighted by molar-refractivity contribution is 0.305. The largest absolute Gasteiger partial charge is 0.488 e. The van der Waals surface area contributed by atoms with Crippen molar-refractivity contribution in [1.82, 2.24) is 0 Å². The van der Waals surface area contributed by atoms with Crippen molar-refractivity contribution in [2.45, 2.75) is 18.4 Å². The van der Waals surface area contributed by atoms with Crippen LogP contribution in [-0.2, 0) is 6.61 Å². The van der Waals surface area contributed by atoms with E-state index in [2.05, 4.69) is 6.92 Å². The summed E-state index contributed by atoms with van der Waals surface area (Å²) in [6.07, 6.45) is 0. The van der Waals surface area contributed by atoms with Gasteiger partial charge in [0, 0.05) is 9.92 Å². The Bertz CT molecular complexity index is 646. The fraction of sp³-hybridized carbons (Fsp3) is 0.188. The molecule has 0 spiro atoms. The monoisotopic (exact) mass is 337 g/mol. The van der Waals surface area contributed by atoms with Crippen LogP contribution >= 0.6 is 35.6 Å². The summed E-state index contributed by atoms with van der Waals surface area (Å²) in [6.45, 7) is 2.52. The standard InChI is InChI=1S/C16H16ClNOS2/c1-2-21-14-8-4-7-13(15(14)16(18)20)19-10-11-5-3-6-12(17)9-11/h3-9H,2,10H2,1H3,(H2,18,20). The van der Waals surface area contributed by atoms with Gasteiger partial charge in [-0.1, -0.05) is 48.9 Å². The van der Waals surface area contributed by atoms with Crippen LogP contribution in [0.1, 0.15) is 18.1 Å². The average Bonchev–Trinajstić information content (AvgIpc) is 2.45. The number of ether oxygens (including phenoxy) is 1. The summed E-state index contributed by atoms with van der Waals surface area (Å²) < 4.78 is 5.89. The molecule has 0 amide bonds. The van der Waals surface area contributed by atoms with Gasteiger partial charge >= 0.3 is 0 Å². The summed E-state index contributed by atoms with van der Waals surface area (Å²) in [5.41, 5.74) is 7.67. The van der Waals surface area contributed by atoms with Crippen molar-refractivity contribution in [3.05, 3.63) is 58.6 Å². The summed E-state index contributed by atoms with van der Waals surface area (Å²) in [5, 5.41) is 0.695. The molecule has 0 bridgehead atoms. The highest BCUT2D eigenvalue weighted by molar-refractivity contribution is 7.99. The SMILES string of the molecule is CCSc1cccc(OCc2cccc(Cl)c2)c1C(N)=S. The van der Waals surface area contributed by atoms with E-state index < -0.39 is 0 Å². The number of hydrogen-bond acceptors (Lipinski definition) is 3. The van der Waals surface area contributed by atoms with E-state index in [1.54, 1.807) is 11.8 Å².